The summed E-state index contributed by atoms with van der Waals surface area (Å²) in [5.74, 6) is -0.431. The second kappa shape index (κ2) is 9.92. The van der Waals surface area contributed by atoms with Gasteiger partial charge >= 0.3 is 0 Å². The van der Waals surface area contributed by atoms with Gasteiger partial charge in [0.15, 0.2) is 15.7 Å². The molecule has 34 heavy (non-hydrogen) atoms. The van der Waals surface area contributed by atoms with Crippen LogP contribution in [0.2, 0.25) is 0 Å². The Balaban J connectivity index is 1.59. The van der Waals surface area contributed by atoms with Crippen molar-refractivity contribution in [2.24, 2.45) is 0 Å². The first-order valence-electron chi connectivity index (χ1n) is 10.2. The van der Waals surface area contributed by atoms with Gasteiger partial charge in [-0.05, 0) is 42.0 Å². The van der Waals surface area contributed by atoms with Gasteiger partial charge in [-0.15, -0.1) is 0 Å². The van der Waals surface area contributed by atoms with Gasteiger partial charge in [0, 0.05) is 17.5 Å². The number of hydrogen-bond donors (Lipinski definition) is 1. The van der Waals surface area contributed by atoms with E-state index < -0.39 is 21.5 Å². The Morgan fingerprint density at radius 2 is 1.79 bits per heavy atom. The van der Waals surface area contributed by atoms with Crippen LogP contribution in [0.25, 0.3) is 11.4 Å². The molecule has 0 saturated heterocycles. The second-order valence-corrected chi connectivity index (χ2v) is 9.69. The fraction of sp³-hybridized carbons (Fsp3) is 0.125. The summed E-state index contributed by atoms with van der Waals surface area (Å²) in [7, 11) is -3.19. The first-order chi connectivity index (χ1) is 16.3. The van der Waals surface area contributed by atoms with Crippen molar-refractivity contribution >= 4 is 21.5 Å². The molecule has 10 heteroatoms. The van der Waals surface area contributed by atoms with Crippen LogP contribution in [0.1, 0.15) is 11.1 Å². The highest BCUT2D eigenvalue weighted by Gasteiger charge is 2.14. The van der Waals surface area contributed by atoms with Gasteiger partial charge in [-0.1, -0.05) is 30.3 Å². The maximum Gasteiger partial charge on any atom is 0.230 e. The Kier molecular flexibility index (Phi) is 6.78. The van der Waals surface area contributed by atoms with E-state index in [4.69, 9.17) is 4.74 Å². The Labute approximate surface area is 195 Å². The maximum atomic E-state index is 14.0. The largest absolute Gasteiger partial charge is 0.488 e. The van der Waals surface area contributed by atoms with Gasteiger partial charge in [-0.25, -0.2) is 27.2 Å². The zero-order valence-electron chi connectivity index (χ0n) is 18.1. The summed E-state index contributed by atoms with van der Waals surface area (Å²) in [4.78, 5) is 12.6. The molecule has 3 aromatic carbocycles. The molecule has 7 nitrogen and oxygen atoms in total. The molecular formula is C24H20F2N4O3S. The average molecular weight is 483 g/mol. The molecule has 0 radical (unpaired) electrons. The van der Waals surface area contributed by atoms with Crippen molar-refractivity contribution in [3.8, 4) is 17.1 Å². The molecule has 0 saturated carbocycles. The summed E-state index contributed by atoms with van der Waals surface area (Å²) >= 11 is 0. The normalized spacial score (nSPS) is 11.3. The van der Waals surface area contributed by atoms with Crippen LogP contribution in [0.3, 0.4) is 0 Å². The summed E-state index contributed by atoms with van der Waals surface area (Å²) in [5.41, 5.74) is 1.81. The Morgan fingerprint density at radius 1 is 0.971 bits per heavy atom. The SMILES string of the molecule is CS(=O)(=O)Cc1cccc(Nc2ncnc(-c3cc(F)ccc3OCc3ccccc3F)n2)c1. The van der Waals surface area contributed by atoms with E-state index in [0.717, 1.165) is 6.26 Å². The standard InChI is InChI=1S/C24H20F2N4O3S/c1-34(31,32)14-16-5-4-7-19(11-16)29-24-28-15-27-23(30-24)20-12-18(25)9-10-22(20)33-13-17-6-2-3-8-21(17)26/h2-12,15H,13-14H2,1H3,(H,27,28,29,30). The third-order valence-electron chi connectivity index (χ3n) is 4.71. The number of hydrogen-bond acceptors (Lipinski definition) is 7. The van der Waals surface area contributed by atoms with Gasteiger partial charge in [-0.3, -0.25) is 0 Å². The van der Waals surface area contributed by atoms with Crippen molar-refractivity contribution in [1.82, 2.24) is 15.0 Å². The van der Waals surface area contributed by atoms with E-state index in [1.165, 1.54) is 30.6 Å². The van der Waals surface area contributed by atoms with Gasteiger partial charge in [0.05, 0.1) is 11.3 Å². The van der Waals surface area contributed by atoms with E-state index >= 15 is 0 Å². The summed E-state index contributed by atoms with van der Waals surface area (Å²) in [6.45, 7) is -0.0609. The van der Waals surface area contributed by atoms with Crippen LogP contribution < -0.4 is 10.1 Å². The van der Waals surface area contributed by atoms with Crippen molar-refractivity contribution in [3.05, 3.63) is 95.8 Å². The van der Waals surface area contributed by atoms with Crippen molar-refractivity contribution in [2.45, 2.75) is 12.4 Å². The van der Waals surface area contributed by atoms with Crippen molar-refractivity contribution in [1.29, 1.82) is 0 Å². The van der Waals surface area contributed by atoms with Gasteiger partial charge in [-0.2, -0.15) is 4.98 Å². The zero-order valence-corrected chi connectivity index (χ0v) is 18.9. The molecule has 1 N–H and O–H groups in total. The lowest BCUT2D eigenvalue weighted by atomic mass is 10.1. The van der Waals surface area contributed by atoms with Gasteiger partial charge in [0.1, 0.15) is 30.3 Å². The average Bonchev–Trinajstić information content (AvgIpc) is 2.78. The highest BCUT2D eigenvalue weighted by Crippen LogP contribution is 2.30. The molecule has 0 amide bonds. The minimum absolute atomic E-state index is 0.0609. The highest BCUT2D eigenvalue weighted by molar-refractivity contribution is 7.89. The molecule has 0 aliphatic rings. The predicted octanol–water partition coefficient (Wildman–Crippen LogP) is 4.68. The van der Waals surface area contributed by atoms with E-state index in [0.29, 0.717) is 16.8 Å². The van der Waals surface area contributed by atoms with E-state index in [9.17, 15) is 17.2 Å². The summed E-state index contributed by atoms with van der Waals surface area (Å²) < 4.78 is 56.9. The predicted molar refractivity (Wildman–Crippen MR) is 124 cm³/mol. The first kappa shape index (κ1) is 23.2. The lowest BCUT2D eigenvalue weighted by Crippen LogP contribution is -2.04. The molecule has 1 aromatic heterocycles. The number of sulfone groups is 1. The monoisotopic (exact) mass is 482 g/mol. The van der Waals surface area contributed by atoms with E-state index in [1.807, 2.05) is 0 Å². The van der Waals surface area contributed by atoms with Crippen LogP contribution in [0.4, 0.5) is 20.4 Å². The molecule has 0 spiro atoms. The molecule has 0 bridgehead atoms. The number of anilines is 2. The molecule has 0 atom stereocenters. The molecular weight excluding hydrogens is 462 g/mol. The van der Waals surface area contributed by atoms with Crippen LogP contribution in [-0.4, -0.2) is 29.6 Å². The lowest BCUT2D eigenvalue weighted by molar-refractivity contribution is 0.300. The molecule has 4 aromatic rings. The fourth-order valence-electron chi connectivity index (χ4n) is 3.23. The maximum absolute atomic E-state index is 14.0. The van der Waals surface area contributed by atoms with Crippen molar-refractivity contribution < 1.29 is 21.9 Å². The topological polar surface area (TPSA) is 94.1 Å². The minimum atomic E-state index is -3.19. The smallest absolute Gasteiger partial charge is 0.230 e. The third-order valence-corrected chi connectivity index (χ3v) is 5.57. The highest BCUT2D eigenvalue weighted by atomic mass is 32.2. The van der Waals surface area contributed by atoms with E-state index in [2.05, 4.69) is 20.3 Å². The summed E-state index contributed by atoms with van der Waals surface area (Å²) in [5, 5.41) is 3.00. The molecule has 174 valence electrons. The minimum Gasteiger partial charge on any atom is -0.488 e. The molecule has 4 rings (SSSR count). The van der Waals surface area contributed by atoms with Gasteiger partial charge in [0.2, 0.25) is 5.95 Å². The lowest BCUT2D eigenvalue weighted by Gasteiger charge is -2.12. The number of nitrogens with zero attached hydrogens (tertiary/aromatic N) is 3. The zero-order chi connectivity index (χ0) is 24.1. The summed E-state index contributed by atoms with van der Waals surface area (Å²) in [6.07, 6.45) is 2.42. The van der Waals surface area contributed by atoms with Crippen molar-refractivity contribution in [2.75, 3.05) is 11.6 Å². The third kappa shape index (κ3) is 6.10. The Hall–Kier alpha value is -3.92. The number of benzene rings is 3. The molecule has 0 aliphatic heterocycles. The van der Waals surface area contributed by atoms with Gasteiger partial charge in [0.25, 0.3) is 0 Å². The van der Waals surface area contributed by atoms with E-state index in [-0.39, 0.29) is 35.4 Å². The first-order valence-corrected chi connectivity index (χ1v) is 12.2. The quantitative estimate of drug-likeness (QED) is 0.390. The van der Waals surface area contributed by atoms with Crippen LogP contribution in [0, 0.1) is 11.6 Å². The number of rotatable bonds is 8. The van der Waals surface area contributed by atoms with Crippen molar-refractivity contribution in [3.63, 3.8) is 0 Å². The molecule has 0 unspecified atom stereocenters. The number of aromatic nitrogens is 3. The number of halogens is 2. The molecule has 0 aliphatic carbocycles. The van der Waals surface area contributed by atoms with Crippen LogP contribution in [0.15, 0.2) is 73.1 Å². The summed E-state index contributed by atoms with van der Waals surface area (Å²) in [6, 6.07) is 16.9. The molecule has 0 fully saturated rings. The number of nitrogens with one attached hydrogen (secondary N) is 1. The van der Waals surface area contributed by atoms with Crippen LogP contribution in [0.5, 0.6) is 5.75 Å². The van der Waals surface area contributed by atoms with Crippen LogP contribution in [-0.2, 0) is 22.2 Å². The fourth-order valence-corrected chi connectivity index (χ4v) is 4.02. The van der Waals surface area contributed by atoms with E-state index in [1.54, 1.807) is 42.5 Å². The van der Waals surface area contributed by atoms with Crippen LogP contribution >= 0.6 is 0 Å². The Morgan fingerprint density at radius 3 is 2.59 bits per heavy atom. The molecule has 1 heterocycles. The number of ether oxygens (including phenoxy) is 1. The Bertz CT molecular complexity index is 1430. The second-order valence-electron chi connectivity index (χ2n) is 7.55. The van der Waals surface area contributed by atoms with Gasteiger partial charge < -0.3 is 10.1 Å².